The van der Waals surface area contributed by atoms with Gasteiger partial charge in [-0.25, -0.2) is 4.79 Å². The minimum absolute atomic E-state index is 0.272. The standard InChI is InChI=1S/C12H17NO3/c1-12(2,3)16-11(15)13-6-8-4-10(14)5-9(8)7-13/h4-7H2,1-3H3. The second kappa shape index (κ2) is 3.61. The Morgan fingerprint density at radius 1 is 1.19 bits per heavy atom. The van der Waals surface area contributed by atoms with Crippen molar-refractivity contribution in [1.29, 1.82) is 0 Å². The van der Waals surface area contributed by atoms with E-state index in [-0.39, 0.29) is 11.9 Å². The summed E-state index contributed by atoms with van der Waals surface area (Å²) in [6.45, 7) is 6.69. The van der Waals surface area contributed by atoms with Gasteiger partial charge in [0.1, 0.15) is 11.4 Å². The lowest BCUT2D eigenvalue weighted by Crippen LogP contribution is -2.36. The highest BCUT2D eigenvalue weighted by Crippen LogP contribution is 2.30. The predicted molar refractivity (Wildman–Crippen MR) is 59.1 cm³/mol. The molecular formula is C12H17NO3. The molecule has 1 aliphatic heterocycles. The fraction of sp³-hybridized carbons (Fsp3) is 0.667. The summed E-state index contributed by atoms with van der Waals surface area (Å²) in [5.41, 5.74) is 1.78. The maximum absolute atomic E-state index is 11.8. The van der Waals surface area contributed by atoms with E-state index in [1.165, 1.54) is 0 Å². The van der Waals surface area contributed by atoms with Crippen LogP contribution in [0.2, 0.25) is 0 Å². The second-order valence-corrected chi connectivity index (χ2v) is 5.44. The highest BCUT2D eigenvalue weighted by atomic mass is 16.6. The fourth-order valence-electron chi connectivity index (χ4n) is 2.10. The zero-order valence-corrected chi connectivity index (χ0v) is 10.0. The van der Waals surface area contributed by atoms with Crippen molar-refractivity contribution in [1.82, 2.24) is 4.90 Å². The van der Waals surface area contributed by atoms with Crippen molar-refractivity contribution in [3.63, 3.8) is 0 Å². The Kier molecular flexibility index (Phi) is 2.52. The molecule has 0 saturated carbocycles. The van der Waals surface area contributed by atoms with Gasteiger partial charge >= 0.3 is 6.09 Å². The van der Waals surface area contributed by atoms with Crippen molar-refractivity contribution in [2.75, 3.05) is 13.1 Å². The quantitative estimate of drug-likeness (QED) is 0.589. The third-order valence-corrected chi connectivity index (χ3v) is 2.74. The lowest BCUT2D eigenvalue weighted by Gasteiger charge is -2.25. The molecule has 1 amide bonds. The van der Waals surface area contributed by atoms with Crippen molar-refractivity contribution < 1.29 is 14.3 Å². The molecule has 0 aromatic carbocycles. The van der Waals surface area contributed by atoms with Gasteiger partial charge in [-0.1, -0.05) is 0 Å². The van der Waals surface area contributed by atoms with Crippen LogP contribution in [0.1, 0.15) is 33.6 Å². The number of ether oxygens (including phenoxy) is 1. The SMILES string of the molecule is CC(C)(C)OC(=O)N1CC2=C(CC(=O)C2)C1. The van der Waals surface area contributed by atoms with Crippen molar-refractivity contribution in [3.05, 3.63) is 11.1 Å². The van der Waals surface area contributed by atoms with Gasteiger partial charge < -0.3 is 9.64 Å². The van der Waals surface area contributed by atoms with Crippen molar-refractivity contribution in [2.45, 2.75) is 39.2 Å². The van der Waals surface area contributed by atoms with E-state index in [1.807, 2.05) is 20.8 Å². The van der Waals surface area contributed by atoms with Crippen LogP contribution in [0.3, 0.4) is 0 Å². The number of rotatable bonds is 0. The smallest absolute Gasteiger partial charge is 0.410 e. The molecule has 1 aliphatic carbocycles. The van der Waals surface area contributed by atoms with E-state index in [1.54, 1.807) is 4.90 Å². The second-order valence-electron chi connectivity index (χ2n) is 5.44. The summed E-state index contributed by atoms with van der Waals surface area (Å²) in [7, 11) is 0. The molecule has 16 heavy (non-hydrogen) atoms. The lowest BCUT2D eigenvalue weighted by molar-refractivity contribution is -0.117. The van der Waals surface area contributed by atoms with Crippen LogP contribution in [-0.2, 0) is 9.53 Å². The Balaban J connectivity index is 1.93. The molecule has 0 fully saturated rings. The van der Waals surface area contributed by atoms with Crippen LogP contribution in [0, 0.1) is 0 Å². The number of carbonyl (C=O) groups is 2. The van der Waals surface area contributed by atoms with E-state index in [0.717, 1.165) is 11.1 Å². The summed E-state index contributed by atoms with van der Waals surface area (Å²) >= 11 is 0. The van der Waals surface area contributed by atoms with E-state index in [0.29, 0.717) is 25.9 Å². The molecule has 0 saturated heterocycles. The average Bonchev–Trinajstić information content (AvgIpc) is 2.56. The Morgan fingerprint density at radius 3 is 2.12 bits per heavy atom. The topological polar surface area (TPSA) is 46.6 Å². The van der Waals surface area contributed by atoms with Crippen LogP contribution in [0.25, 0.3) is 0 Å². The first-order chi connectivity index (χ1) is 7.35. The molecule has 0 unspecified atom stereocenters. The minimum atomic E-state index is -0.458. The minimum Gasteiger partial charge on any atom is -0.444 e. The van der Waals surface area contributed by atoms with Gasteiger partial charge in [0.15, 0.2) is 0 Å². The number of Topliss-reactive ketones (excluding diaryl/α,β-unsaturated/α-hetero) is 1. The van der Waals surface area contributed by atoms with Gasteiger partial charge in [-0.2, -0.15) is 0 Å². The van der Waals surface area contributed by atoms with Gasteiger partial charge in [0, 0.05) is 25.9 Å². The van der Waals surface area contributed by atoms with Gasteiger partial charge in [0.05, 0.1) is 0 Å². The predicted octanol–water partition coefficient (Wildman–Crippen LogP) is 1.90. The summed E-state index contributed by atoms with van der Waals surface area (Å²) < 4.78 is 5.29. The van der Waals surface area contributed by atoms with Crippen molar-refractivity contribution in [3.8, 4) is 0 Å². The van der Waals surface area contributed by atoms with E-state index in [9.17, 15) is 9.59 Å². The molecule has 2 aliphatic rings. The molecule has 0 radical (unpaired) electrons. The Morgan fingerprint density at radius 2 is 1.69 bits per heavy atom. The number of nitrogens with zero attached hydrogens (tertiary/aromatic N) is 1. The van der Waals surface area contributed by atoms with Gasteiger partial charge in [0.25, 0.3) is 0 Å². The number of likely N-dealkylation sites (tertiary alicyclic amines) is 1. The number of hydrogen-bond donors (Lipinski definition) is 0. The number of carbonyl (C=O) groups excluding carboxylic acids is 2. The molecule has 88 valence electrons. The van der Waals surface area contributed by atoms with E-state index in [2.05, 4.69) is 0 Å². The normalized spacial score (nSPS) is 20.4. The molecule has 1 heterocycles. The van der Waals surface area contributed by atoms with Gasteiger partial charge in [0.2, 0.25) is 0 Å². The molecule has 2 rings (SSSR count). The maximum Gasteiger partial charge on any atom is 0.410 e. The molecule has 0 aromatic rings. The highest BCUT2D eigenvalue weighted by Gasteiger charge is 2.33. The largest absolute Gasteiger partial charge is 0.444 e. The molecule has 0 spiro atoms. The average molecular weight is 223 g/mol. The lowest BCUT2D eigenvalue weighted by atomic mass is 10.2. The van der Waals surface area contributed by atoms with Crippen LogP contribution in [0.4, 0.5) is 4.79 Å². The van der Waals surface area contributed by atoms with Crippen LogP contribution in [0.5, 0.6) is 0 Å². The summed E-state index contributed by atoms with van der Waals surface area (Å²) in [5, 5.41) is 0. The summed E-state index contributed by atoms with van der Waals surface area (Å²) in [6, 6.07) is 0. The summed E-state index contributed by atoms with van der Waals surface area (Å²) in [4.78, 5) is 24.6. The van der Waals surface area contributed by atoms with Gasteiger partial charge in [-0.15, -0.1) is 0 Å². The molecule has 4 heteroatoms. The first kappa shape index (κ1) is 11.2. The summed E-state index contributed by atoms with van der Waals surface area (Å²) in [5.74, 6) is 0.272. The van der Waals surface area contributed by atoms with Crippen LogP contribution in [-0.4, -0.2) is 35.5 Å². The molecule has 0 bridgehead atoms. The number of amides is 1. The highest BCUT2D eigenvalue weighted by molar-refractivity contribution is 5.88. The fourth-order valence-corrected chi connectivity index (χ4v) is 2.10. The number of hydrogen-bond acceptors (Lipinski definition) is 3. The van der Waals surface area contributed by atoms with Crippen LogP contribution >= 0.6 is 0 Å². The maximum atomic E-state index is 11.8. The van der Waals surface area contributed by atoms with E-state index in [4.69, 9.17) is 4.74 Å². The van der Waals surface area contributed by atoms with Crippen LogP contribution < -0.4 is 0 Å². The van der Waals surface area contributed by atoms with E-state index < -0.39 is 5.60 Å². The Hall–Kier alpha value is -1.32. The van der Waals surface area contributed by atoms with Crippen molar-refractivity contribution >= 4 is 11.9 Å². The summed E-state index contributed by atoms with van der Waals surface area (Å²) in [6.07, 6.45) is 0.762. The van der Waals surface area contributed by atoms with Crippen molar-refractivity contribution in [2.24, 2.45) is 0 Å². The first-order valence-corrected chi connectivity index (χ1v) is 5.54. The zero-order valence-electron chi connectivity index (χ0n) is 10.0. The molecule has 0 aromatic heterocycles. The van der Waals surface area contributed by atoms with Gasteiger partial charge in [-0.05, 0) is 31.9 Å². The molecule has 0 atom stereocenters. The molecule has 4 nitrogen and oxygen atoms in total. The molecule has 0 N–H and O–H groups in total. The number of ketones is 1. The first-order valence-electron chi connectivity index (χ1n) is 5.54. The van der Waals surface area contributed by atoms with Crippen LogP contribution in [0.15, 0.2) is 11.1 Å². The Bertz CT molecular complexity index is 356. The third-order valence-electron chi connectivity index (χ3n) is 2.74. The van der Waals surface area contributed by atoms with Gasteiger partial charge in [-0.3, -0.25) is 4.79 Å². The zero-order chi connectivity index (χ0) is 11.9. The Labute approximate surface area is 95.2 Å². The van der Waals surface area contributed by atoms with E-state index >= 15 is 0 Å². The monoisotopic (exact) mass is 223 g/mol. The molecular weight excluding hydrogens is 206 g/mol. The third kappa shape index (κ3) is 2.26.